The largest absolute Gasteiger partial charge is 0.421 e. The monoisotopic (exact) mass is 445 g/mol. The topological polar surface area (TPSA) is 66.2 Å². The van der Waals surface area contributed by atoms with Gasteiger partial charge in [-0.2, -0.15) is 18.2 Å². The number of hydrogen-bond acceptors (Lipinski definition) is 5. The minimum Gasteiger partial charge on any atom is -0.378 e. The van der Waals surface area contributed by atoms with Crippen molar-refractivity contribution < 1.29 is 18.3 Å². The van der Waals surface area contributed by atoms with Crippen molar-refractivity contribution in [3.8, 4) is 5.82 Å². The van der Waals surface area contributed by atoms with Gasteiger partial charge in [0.05, 0.1) is 0 Å². The van der Waals surface area contributed by atoms with Crippen LogP contribution >= 0.6 is 0 Å². The Morgan fingerprint density at radius 1 is 1.12 bits per heavy atom. The highest BCUT2D eigenvalue weighted by atomic mass is 19.4. The van der Waals surface area contributed by atoms with Gasteiger partial charge in [-0.25, -0.2) is 4.98 Å². The summed E-state index contributed by atoms with van der Waals surface area (Å²) < 4.78 is 42.6. The summed E-state index contributed by atoms with van der Waals surface area (Å²) in [7, 11) is 0. The summed E-state index contributed by atoms with van der Waals surface area (Å²) in [4.78, 5) is 10.1. The molecule has 4 rings (SSSR count). The van der Waals surface area contributed by atoms with Gasteiger partial charge in [0.2, 0.25) is 5.95 Å². The van der Waals surface area contributed by atoms with Crippen LogP contribution in [0.25, 0.3) is 5.82 Å². The first-order valence-corrected chi connectivity index (χ1v) is 10.5. The number of hydrogen-bond donors (Lipinski definition) is 2. The number of aliphatic hydroxyl groups excluding tert-OH is 1. The Morgan fingerprint density at radius 3 is 2.47 bits per heavy atom. The number of benzene rings is 1. The summed E-state index contributed by atoms with van der Waals surface area (Å²) in [6, 6.07) is 5.77. The normalized spacial score (nSPS) is 17.2. The van der Waals surface area contributed by atoms with Crippen molar-refractivity contribution in [2.75, 3.05) is 11.9 Å². The Balaban J connectivity index is 1.70. The van der Waals surface area contributed by atoms with E-state index in [4.69, 9.17) is 0 Å². The lowest BCUT2D eigenvalue weighted by Crippen LogP contribution is -2.28. The molecule has 1 saturated heterocycles. The molecule has 0 radical (unpaired) electrons. The SMILES string of the molecule is Cc1cc(C)cc(Nc2ncc(C(F)(F)F)c(-n3cc(C)c(CN4CCC[C@H]4O)c3)n2)c1. The molecule has 1 aliphatic heterocycles. The number of nitrogens with zero attached hydrogens (tertiary/aromatic N) is 4. The fourth-order valence-electron chi connectivity index (χ4n) is 4.10. The molecule has 0 unspecified atom stereocenters. The number of nitrogens with one attached hydrogen (secondary N) is 1. The minimum atomic E-state index is -4.60. The summed E-state index contributed by atoms with van der Waals surface area (Å²) in [6.07, 6.45) is 0.588. The first-order valence-electron chi connectivity index (χ1n) is 10.5. The molecule has 0 amide bonds. The van der Waals surface area contributed by atoms with E-state index in [1.54, 1.807) is 12.4 Å². The van der Waals surface area contributed by atoms with Crippen molar-refractivity contribution in [2.24, 2.45) is 0 Å². The van der Waals surface area contributed by atoms with Crippen molar-refractivity contribution in [1.29, 1.82) is 0 Å². The molecule has 3 heterocycles. The van der Waals surface area contributed by atoms with Crippen molar-refractivity contribution in [2.45, 2.75) is 52.6 Å². The first-order chi connectivity index (χ1) is 15.1. The van der Waals surface area contributed by atoms with Gasteiger partial charge >= 0.3 is 6.18 Å². The Morgan fingerprint density at radius 2 is 1.84 bits per heavy atom. The average molecular weight is 445 g/mol. The van der Waals surface area contributed by atoms with Crippen molar-refractivity contribution in [3.05, 3.63) is 64.6 Å². The maximum absolute atomic E-state index is 13.7. The van der Waals surface area contributed by atoms with Crippen LogP contribution in [0.1, 0.15) is 40.7 Å². The van der Waals surface area contributed by atoms with Crippen LogP contribution in [-0.4, -0.2) is 37.3 Å². The van der Waals surface area contributed by atoms with Crippen LogP contribution in [0, 0.1) is 20.8 Å². The fourth-order valence-corrected chi connectivity index (χ4v) is 4.10. The molecule has 170 valence electrons. The van der Waals surface area contributed by atoms with Gasteiger partial charge in [0, 0.05) is 37.4 Å². The third-order valence-electron chi connectivity index (χ3n) is 5.63. The molecule has 6 nitrogen and oxygen atoms in total. The van der Waals surface area contributed by atoms with Crippen LogP contribution < -0.4 is 5.32 Å². The predicted molar refractivity (Wildman–Crippen MR) is 116 cm³/mol. The van der Waals surface area contributed by atoms with Gasteiger partial charge in [0.1, 0.15) is 11.8 Å². The molecule has 1 atom stereocenters. The lowest BCUT2D eigenvalue weighted by Gasteiger charge is -2.19. The number of aromatic nitrogens is 3. The Labute approximate surface area is 184 Å². The highest BCUT2D eigenvalue weighted by Crippen LogP contribution is 2.34. The lowest BCUT2D eigenvalue weighted by atomic mass is 10.1. The van der Waals surface area contributed by atoms with Crippen LogP contribution in [0.2, 0.25) is 0 Å². The molecule has 32 heavy (non-hydrogen) atoms. The van der Waals surface area contributed by atoms with Crippen LogP contribution in [-0.2, 0) is 12.7 Å². The third-order valence-corrected chi connectivity index (χ3v) is 5.63. The van der Waals surface area contributed by atoms with Crippen molar-refractivity contribution >= 4 is 11.6 Å². The van der Waals surface area contributed by atoms with E-state index in [0.717, 1.165) is 41.4 Å². The molecule has 0 bridgehead atoms. The van der Waals surface area contributed by atoms with E-state index >= 15 is 0 Å². The Kier molecular flexibility index (Phi) is 5.96. The van der Waals surface area contributed by atoms with Gasteiger partial charge < -0.3 is 15.0 Å². The van der Waals surface area contributed by atoms with E-state index in [1.807, 2.05) is 43.9 Å². The molecular formula is C23H26F3N5O. The molecular weight excluding hydrogens is 419 g/mol. The van der Waals surface area contributed by atoms with E-state index in [2.05, 4.69) is 15.3 Å². The number of halogens is 3. The summed E-state index contributed by atoms with van der Waals surface area (Å²) in [5, 5.41) is 13.1. The standard InChI is InChI=1S/C23H26F3N5O/c1-14-7-15(2)9-18(8-14)28-22-27-10-19(23(24,25)26)21(29-22)31-11-16(3)17(13-31)12-30-6-4-5-20(30)32/h7-11,13,20,32H,4-6,12H2,1-3H3,(H,27,28,29)/t20-/m1/s1. The van der Waals surface area contributed by atoms with Crippen LogP contribution in [0.3, 0.4) is 0 Å². The molecule has 0 aliphatic carbocycles. The van der Waals surface area contributed by atoms with Gasteiger partial charge in [-0.3, -0.25) is 4.90 Å². The predicted octanol–water partition coefficient (Wildman–Crippen LogP) is 4.87. The Bertz CT molecular complexity index is 1110. The number of likely N-dealkylation sites (tertiary alicyclic amines) is 1. The minimum absolute atomic E-state index is 0.0841. The van der Waals surface area contributed by atoms with E-state index in [0.29, 0.717) is 18.7 Å². The lowest BCUT2D eigenvalue weighted by molar-refractivity contribution is -0.137. The van der Waals surface area contributed by atoms with Gasteiger partial charge in [0.15, 0.2) is 5.82 Å². The second kappa shape index (κ2) is 8.55. The molecule has 9 heteroatoms. The van der Waals surface area contributed by atoms with Crippen molar-refractivity contribution in [1.82, 2.24) is 19.4 Å². The summed E-state index contributed by atoms with van der Waals surface area (Å²) in [6.45, 7) is 6.96. The summed E-state index contributed by atoms with van der Waals surface area (Å²) in [5.41, 5.74) is 3.52. The number of aryl methyl sites for hydroxylation is 3. The smallest absolute Gasteiger partial charge is 0.378 e. The molecule has 3 aromatic rings. The number of alkyl halides is 3. The van der Waals surface area contributed by atoms with E-state index in [-0.39, 0.29) is 11.8 Å². The number of anilines is 2. The molecule has 1 aliphatic rings. The summed E-state index contributed by atoms with van der Waals surface area (Å²) >= 11 is 0. The average Bonchev–Trinajstić information content (AvgIpc) is 3.26. The molecule has 0 saturated carbocycles. The van der Waals surface area contributed by atoms with Crippen LogP contribution in [0.5, 0.6) is 0 Å². The fraction of sp³-hybridized carbons (Fsp3) is 0.391. The van der Waals surface area contributed by atoms with Crippen LogP contribution in [0.4, 0.5) is 24.8 Å². The zero-order chi connectivity index (χ0) is 23.0. The van der Waals surface area contributed by atoms with Crippen LogP contribution in [0.15, 0.2) is 36.8 Å². The highest BCUT2D eigenvalue weighted by molar-refractivity contribution is 5.57. The second-order valence-corrected chi connectivity index (χ2v) is 8.40. The first kappa shape index (κ1) is 22.3. The maximum atomic E-state index is 13.7. The second-order valence-electron chi connectivity index (χ2n) is 8.40. The molecule has 2 N–H and O–H groups in total. The third kappa shape index (κ3) is 4.78. The maximum Gasteiger partial charge on any atom is 0.421 e. The molecule has 1 aromatic carbocycles. The van der Waals surface area contributed by atoms with Gasteiger partial charge in [-0.05, 0) is 68.0 Å². The van der Waals surface area contributed by atoms with E-state index < -0.39 is 18.0 Å². The quantitative estimate of drug-likeness (QED) is 0.587. The van der Waals surface area contributed by atoms with E-state index in [9.17, 15) is 18.3 Å². The molecule has 2 aromatic heterocycles. The number of aliphatic hydroxyl groups is 1. The Hall–Kier alpha value is -2.91. The van der Waals surface area contributed by atoms with Gasteiger partial charge in [-0.1, -0.05) is 6.07 Å². The summed E-state index contributed by atoms with van der Waals surface area (Å²) in [5.74, 6) is -0.156. The zero-order valence-corrected chi connectivity index (χ0v) is 18.2. The van der Waals surface area contributed by atoms with Gasteiger partial charge in [0.25, 0.3) is 0 Å². The van der Waals surface area contributed by atoms with Crippen molar-refractivity contribution in [3.63, 3.8) is 0 Å². The molecule has 0 spiro atoms. The highest BCUT2D eigenvalue weighted by Gasteiger charge is 2.36. The molecule has 1 fully saturated rings. The zero-order valence-electron chi connectivity index (χ0n) is 18.2. The number of rotatable bonds is 5. The van der Waals surface area contributed by atoms with E-state index in [1.165, 1.54) is 4.57 Å². The van der Waals surface area contributed by atoms with Gasteiger partial charge in [-0.15, -0.1) is 0 Å².